The minimum atomic E-state index is -0.463. The molecule has 0 aliphatic heterocycles. The lowest BCUT2D eigenvalue weighted by Gasteiger charge is -2.30. The molecule has 2 rings (SSSR count). The first kappa shape index (κ1) is 18.7. The predicted octanol–water partition coefficient (Wildman–Crippen LogP) is 3.19. The minimum Gasteiger partial charge on any atom is -0.468 e. The van der Waals surface area contributed by atoms with E-state index in [0.717, 1.165) is 12.0 Å². The maximum atomic E-state index is 11.9. The van der Waals surface area contributed by atoms with E-state index < -0.39 is 5.97 Å². The maximum Gasteiger partial charge on any atom is 0.341 e. The van der Waals surface area contributed by atoms with E-state index in [1.807, 2.05) is 42.2 Å². The van der Waals surface area contributed by atoms with Crippen LogP contribution in [0, 0.1) is 0 Å². The van der Waals surface area contributed by atoms with Gasteiger partial charge in [0.15, 0.2) is 0 Å². The average molecular weight is 345 g/mol. The molecule has 0 amide bonds. The van der Waals surface area contributed by atoms with Crippen LogP contribution in [0.4, 0.5) is 0 Å². The van der Waals surface area contributed by atoms with Gasteiger partial charge in [-0.05, 0) is 18.1 Å². The Labute approximate surface area is 147 Å². The van der Waals surface area contributed by atoms with Crippen LogP contribution in [0.3, 0.4) is 0 Å². The topological polar surface area (TPSA) is 69.0 Å². The zero-order valence-corrected chi connectivity index (χ0v) is 14.7. The summed E-state index contributed by atoms with van der Waals surface area (Å²) in [5.74, 6) is -0.347. The van der Waals surface area contributed by atoms with E-state index in [-0.39, 0.29) is 18.6 Å². The molecule has 1 heterocycles. The second kappa shape index (κ2) is 9.03. The Bertz CT molecular complexity index is 695. The molecule has 0 fully saturated rings. The Kier molecular flexibility index (Phi) is 6.77. The van der Waals surface area contributed by atoms with Gasteiger partial charge in [0.25, 0.3) is 0 Å². The van der Waals surface area contributed by atoms with E-state index in [9.17, 15) is 9.59 Å². The van der Waals surface area contributed by atoms with Crippen LogP contribution in [0.15, 0.2) is 47.1 Å². The standard InChI is InChI=1S/C19H23NO5/c1-4-16(14-8-6-5-7-9-14)20(13-18(21)23-2)12-17-15(10-11-25-17)19(22)24-3/h5-11,16H,4,12-13H2,1-3H3/t16-/m1/s1. The van der Waals surface area contributed by atoms with Crippen molar-refractivity contribution in [3.63, 3.8) is 0 Å². The van der Waals surface area contributed by atoms with Crippen molar-refractivity contribution in [2.24, 2.45) is 0 Å². The van der Waals surface area contributed by atoms with Crippen molar-refractivity contribution in [2.75, 3.05) is 20.8 Å². The molecule has 2 aromatic rings. The molecule has 1 atom stereocenters. The fraction of sp³-hybridized carbons (Fsp3) is 0.368. The molecule has 0 unspecified atom stereocenters. The van der Waals surface area contributed by atoms with Gasteiger partial charge in [-0.2, -0.15) is 0 Å². The van der Waals surface area contributed by atoms with Crippen molar-refractivity contribution >= 4 is 11.9 Å². The number of esters is 2. The van der Waals surface area contributed by atoms with Gasteiger partial charge in [0.2, 0.25) is 0 Å². The third-order valence-electron chi connectivity index (χ3n) is 4.07. The predicted molar refractivity (Wildman–Crippen MR) is 91.9 cm³/mol. The van der Waals surface area contributed by atoms with E-state index in [0.29, 0.717) is 17.9 Å². The number of nitrogens with zero attached hydrogens (tertiary/aromatic N) is 1. The molecule has 0 N–H and O–H groups in total. The van der Waals surface area contributed by atoms with Crippen molar-refractivity contribution in [1.82, 2.24) is 4.90 Å². The van der Waals surface area contributed by atoms with Gasteiger partial charge in [-0.25, -0.2) is 4.79 Å². The summed E-state index contributed by atoms with van der Waals surface area (Å²) >= 11 is 0. The Morgan fingerprint density at radius 2 is 1.84 bits per heavy atom. The van der Waals surface area contributed by atoms with Crippen molar-refractivity contribution in [3.8, 4) is 0 Å². The van der Waals surface area contributed by atoms with E-state index in [2.05, 4.69) is 0 Å². The molecule has 6 nitrogen and oxygen atoms in total. The lowest BCUT2D eigenvalue weighted by atomic mass is 10.0. The van der Waals surface area contributed by atoms with E-state index in [1.165, 1.54) is 20.5 Å². The van der Waals surface area contributed by atoms with Crippen LogP contribution < -0.4 is 0 Å². The molecule has 0 saturated heterocycles. The van der Waals surface area contributed by atoms with Crippen LogP contribution in [-0.4, -0.2) is 37.6 Å². The van der Waals surface area contributed by atoms with Crippen LogP contribution in [-0.2, 0) is 20.8 Å². The zero-order valence-electron chi connectivity index (χ0n) is 14.7. The van der Waals surface area contributed by atoms with Crippen LogP contribution >= 0.6 is 0 Å². The minimum absolute atomic E-state index is 0.0177. The van der Waals surface area contributed by atoms with E-state index in [4.69, 9.17) is 13.9 Å². The quantitative estimate of drug-likeness (QED) is 0.685. The number of methoxy groups -OCH3 is 2. The Morgan fingerprint density at radius 1 is 1.12 bits per heavy atom. The maximum absolute atomic E-state index is 11.9. The summed E-state index contributed by atoms with van der Waals surface area (Å²) < 4.78 is 15.1. The highest BCUT2D eigenvalue weighted by Gasteiger charge is 2.25. The number of hydrogen-bond donors (Lipinski definition) is 0. The summed E-state index contributed by atoms with van der Waals surface area (Å²) in [5.41, 5.74) is 1.44. The molecular weight excluding hydrogens is 322 g/mol. The summed E-state index contributed by atoms with van der Waals surface area (Å²) in [6.07, 6.45) is 2.23. The van der Waals surface area contributed by atoms with Crippen molar-refractivity contribution in [1.29, 1.82) is 0 Å². The molecule has 0 aliphatic carbocycles. The number of ether oxygens (including phenoxy) is 2. The zero-order chi connectivity index (χ0) is 18.2. The Morgan fingerprint density at radius 3 is 2.44 bits per heavy atom. The number of carbonyl (C=O) groups excluding carboxylic acids is 2. The van der Waals surface area contributed by atoms with Gasteiger partial charge in [0.05, 0.1) is 33.6 Å². The highest BCUT2D eigenvalue weighted by molar-refractivity contribution is 5.90. The second-order valence-corrected chi connectivity index (χ2v) is 5.56. The number of benzene rings is 1. The highest BCUT2D eigenvalue weighted by atomic mass is 16.5. The second-order valence-electron chi connectivity index (χ2n) is 5.56. The molecule has 0 aliphatic rings. The van der Waals surface area contributed by atoms with Crippen molar-refractivity contribution in [3.05, 3.63) is 59.5 Å². The van der Waals surface area contributed by atoms with Gasteiger partial charge in [-0.15, -0.1) is 0 Å². The Hall–Kier alpha value is -2.60. The molecule has 6 heteroatoms. The van der Waals surface area contributed by atoms with Crippen LogP contribution in [0.1, 0.15) is 41.1 Å². The summed E-state index contributed by atoms with van der Waals surface area (Å²) in [6.45, 7) is 2.43. The van der Waals surface area contributed by atoms with Gasteiger partial charge < -0.3 is 13.9 Å². The van der Waals surface area contributed by atoms with E-state index >= 15 is 0 Å². The molecule has 0 bridgehead atoms. The number of rotatable bonds is 8. The molecule has 25 heavy (non-hydrogen) atoms. The van der Waals surface area contributed by atoms with Crippen molar-refractivity contribution < 1.29 is 23.5 Å². The van der Waals surface area contributed by atoms with Gasteiger partial charge in [0.1, 0.15) is 11.3 Å². The molecule has 134 valence electrons. The monoisotopic (exact) mass is 345 g/mol. The average Bonchev–Trinajstić information content (AvgIpc) is 3.10. The molecule has 1 aromatic heterocycles. The summed E-state index contributed by atoms with van der Waals surface area (Å²) in [7, 11) is 2.68. The fourth-order valence-electron chi connectivity index (χ4n) is 2.83. The smallest absolute Gasteiger partial charge is 0.341 e. The summed E-state index contributed by atoms with van der Waals surface area (Å²) in [4.78, 5) is 25.7. The molecule has 0 saturated carbocycles. The molecule has 0 spiro atoms. The molecule has 0 radical (unpaired) electrons. The van der Waals surface area contributed by atoms with Gasteiger partial charge >= 0.3 is 11.9 Å². The van der Waals surface area contributed by atoms with Gasteiger partial charge in [-0.1, -0.05) is 37.3 Å². The lowest BCUT2D eigenvalue weighted by Crippen LogP contribution is -2.34. The van der Waals surface area contributed by atoms with E-state index in [1.54, 1.807) is 6.07 Å². The SMILES string of the molecule is CC[C@H](c1ccccc1)N(CC(=O)OC)Cc1occc1C(=O)OC. The highest BCUT2D eigenvalue weighted by Crippen LogP contribution is 2.27. The summed E-state index contributed by atoms with van der Waals surface area (Å²) in [6, 6.07) is 11.5. The van der Waals surface area contributed by atoms with Crippen LogP contribution in [0.5, 0.6) is 0 Å². The van der Waals surface area contributed by atoms with Crippen molar-refractivity contribution in [2.45, 2.75) is 25.9 Å². The largest absolute Gasteiger partial charge is 0.468 e. The third-order valence-corrected chi connectivity index (χ3v) is 4.07. The third kappa shape index (κ3) is 4.70. The first-order chi connectivity index (χ1) is 12.1. The lowest BCUT2D eigenvalue weighted by molar-refractivity contribution is -0.142. The fourth-order valence-corrected chi connectivity index (χ4v) is 2.83. The number of carbonyl (C=O) groups is 2. The normalized spacial score (nSPS) is 12.0. The summed E-state index contributed by atoms with van der Waals surface area (Å²) in [5, 5.41) is 0. The Balaban J connectivity index is 2.31. The van der Waals surface area contributed by atoms with Crippen LogP contribution in [0.25, 0.3) is 0 Å². The molecule has 1 aromatic carbocycles. The number of furan rings is 1. The molecular formula is C19H23NO5. The van der Waals surface area contributed by atoms with Gasteiger partial charge in [-0.3, -0.25) is 9.69 Å². The number of hydrogen-bond acceptors (Lipinski definition) is 6. The van der Waals surface area contributed by atoms with Gasteiger partial charge in [0, 0.05) is 6.04 Å². The first-order valence-corrected chi connectivity index (χ1v) is 8.11. The first-order valence-electron chi connectivity index (χ1n) is 8.11. The van der Waals surface area contributed by atoms with Crippen LogP contribution in [0.2, 0.25) is 0 Å².